The van der Waals surface area contributed by atoms with Gasteiger partial charge >= 0.3 is 0 Å². The zero-order valence-electron chi connectivity index (χ0n) is 18.0. The van der Waals surface area contributed by atoms with E-state index in [1.807, 2.05) is 6.07 Å². The van der Waals surface area contributed by atoms with Crippen molar-refractivity contribution in [1.82, 2.24) is 15.3 Å². The smallest absolute Gasteiger partial charge is 0.147 e. The quantitative estimate of drug-likeness (QED) is 0.781. The van der Waals surface area contributed by atoms with Gasteiger partial charge in [0, 0.05) is 19.1 Å². The van der Waals surface area contributed by atoms with Gasteiger partial charge in [0.05, 0.1) is 11.6 Å². The molecule has 0 spiro atoms. The minimum absolute atomic E-state index is 0.271. The van der Waals surface area contributed by atoms with Crippen LogP contribution in [0.25, 0.3) is 0 Å². The third-order valence-electron chi connectivity index (χ3n) is 7.39. The number of carbonyl (C=O) groups excluding carboxylic acids is 1. The number of allylic oxidation sites excluding steroid dienone is 1. The molecule has 5 rings (SSSR count). The van der Waals surface area contributed by atoms with Gasteiger partial charge < -0.3 is 0 Å². The maximum Gasteiger partial charge on any atom is 0.147 e. The average Bonchev–Trinajstić information content (AvgIpc) is 2.78. The highest BCUT2D eigenvalue weighted by atomic mass is 16.1. The van der Waals surface area contributed by atoms with E-state index in [1.165, 1.54) is 16.7 Å². The number of rotatable bonds is 3. The Morgan fingerprint density at radius 2 is 1.80 bits per heavy atom. The van der Waals surface area contributed by atoms with Gasteiger partial charge in [-0.2, -0.15) is 0 Å². The highest BCUT2D eigenvalue weighted by molar-refractivity contribution is 5.52. The molecule has 3 aliphatic heterocycles. The van der Waals surface area contributed by atoms with Gasteiger partial charge in [0.2, 0.25) is 0 Å². The largest absolute Gasteiger partial charge is 0.297 e. The SMILES string of the molecule is CC(C)(NN1C(=C=O)CC[C@@H]2CN3CCc4ccccc4[C@@H]3C[C@@H]21)c1ccccc1. The lowest BCUT2D eigenvalue weighted by Crippen LogP contribution is -2.61. The first-order valence-electron chi connectivity index (χ1n) is 11.3. The Morgan fingerprint density at radius 3 is 2.60 bits per heavy atom. The molecule has 3 atom stereocenters. The molecular weight excluding hydrogens is 370 g/mol. The van der Waals surface area contributed by atoms with Crippen molar-refractivity contribution in [2.75, 3.05) is 13.1 Å². The number of piperidine rings is 2. The highest BCUT2D eigenvalue weighted by Gasteiger charge is 2.45. The fourth-order valence-electron chi connectivity index (χ4n) is 5.76. The molecule has 0 radical (unpaired) electrons. The van der Waals surface area contributed by atoms with Crippen LogP contribution in [0.2, 0.25) is 0 Å². The molecule has 0 saturated carbocycles. The second kappa shape index (κ2) is 7.70. The van der Waals surface area contributed by atoms with Crippen molar-refractivity contribution in [3.8, 4) is 0 Å². The van der Waals surface area contributed by atoms with Crippen LogP contribution in [0.3, 0.4) is 0 Å². The fourth-order valence-corrected chi connectivity index (χ4v) is 5.76. The summed E-state index contributed by atoms with van der Waals surface area (Å²) in [7, 11) is 0. The molecule has 4 nitrogen and oxygen atoms in total. The Kier molecular flexibility index (Phi) is 5.02. The second-order valence-corrected chi connectivity index (χ2v) is 9.58. The van der Waals surface area contributed by atoms with Crippen LogP contribution in [0.15, 0.2) is 60.3 Å². The maximum atomic E-state index is 11.9. The number of nitrogens with one attached hydrogen (secondary N) is 1. The van der Waals surface area contributed by atoms with Gasteiger partial charge in [-0.05, 0) is 62.1 Å². The number of fused-ring (bicyclic) bond motifs is 4. The first-order chi connectivity index (χ1) is 14.6. The first kappa shape index (κ1) is 19.6. The van der Waals surface area contributed by atoms with Crippen molar-refractivity contribution in [2.45, 2.75) is 57.2 Å². The van der Waals surface area contributed by atoms with Crippen molar-refractivity contribution >= 4 is 5.94 Å². The average molecular weight is 402 g/mol. The molecule has 1 N–H and O–H groups in total. The van der Waals surface area contributed by atoms with Crippen LogP contribution >= 0.6 is 0 Å². The molecule has 3 aliphatic rings. The van der Waals surface area contributed by atoms with E-state index >= 15 is 0 Å². The molecule has 3 heterocycles. The summed E-state index contributed by atoms with van der Waals surface area (Å²) in [6.07, 6.45) is 4.07. The van der Waals surface area contributed by atoms with Crippen LogP contribution < -0.4 is 5.43 Å². The summed E-state index contributed by atoms with van der Waals surface area (Å²) in [5, 5.41) is 2.20. The maximum absolute atomic E-state index is 11.9. The first-order valence-corrected chi connectivity index (χ1v) is 11.3. The topological polar surface area (TPSA) is 35.6 Å². The van der Waals surface area contributed by atoms with E-state index in [2.05, 4.69) is 83.7 Å². The molecular formula is C26H31N3O. The lowest BCUT2D eigenvalue weighted by atomic mass is 9.76. The summed E-state index contributed by atoms with van der Waals surface area (Å²) in [5.74, 6) is 2.84. The van der Waals surface area contributed by atoms with E-state index in [0.717, 1.165) is 44.5 Å². The zero-order chi connectivity index (χ0) is 20.7. The molecule has 2 aromatic carbocycles. The number of hydrazine groups is 1. The van der Waals surface area contributed by atoms with Crippen LogP contribution in [0.1, 0.15) is 55.8 Å². The van der Waals surface area contributed by atoms with Crippen LogP contribution in [0.4, 0.5) is 0 Å². The number of hydrogen-bond donors (Lipinski definition) is 1. The Bertz CT molecular complexity index is 963. The van der Waals surface area contributed by atoms with E-state index < -0.39 is 0 Å². The van der Waals surface area contributed by atoms with Gasteiger partial charge in [-0.3, -0.25) is 9.91 Å². The minimum Gasteiger partial charge on any atom is -0.297 e. The van der Waals surface area contributed by atoms with Crippen molar-refractivity contribution in [2.24, 2.45) is 5.92 Å². The van der Waals surface area contributed by atoms with E-state index in [-0.39, 0.29) is 5.54 Å². The predicted molar refractivity (Wildman–Crippen MR) is 119 cm³/mol. The van der Waals surface area contributed by atoms with Gasteiger partial charge in [-0.25, -0.2) is 10.2 Å². The highest BCUT2D eigenvalue weighted by Crippen LogP contribution is 2.44. The summed E-state index contributed by atoms with van der Waals surface area (Å²) in [4.78, 5) is 14.6. The van der Waals surface area contributed by atoms with Crippen LogP contribution in [-0.2, 0) is 16.8 Å². The van der Waals surface area contributed by atoms with Gasteiger partial charge in [0.15, 0.2) is 0 Å². The molecule has 0 amide bonds. The summed E-state index contributed by atoms with van der Waals surface area (Å²) in [6.45, 7) is 6.64. The molecule has 2 saturated heterocycles. The van der Waals surface area contributed by atoms with Gasteiger partial charge in [0.1, 0.15) is 11.6 Å². The predicted octanol–water partition coefficient (Wildman–Crippen LogP) is 4.23. The summed E-state index contributed by atoms with van der Waals surface area (Å²) in [5.41, 5.74) is 8.44. The molecule has 2 fully saturated rings. The Labute approximate surface area is 179 Å². The van der Waals surface area contributed by atoms with Crippen LogP contribution in [-0.4, -0.2) is 35.0 Å². The van der Waals surface area contributed by atoms with Crippen LogP contribution in [0.5, 0.6) is 0 Å². The summed E-state index contributed by atoms with van der Waals surface area (Å²) >= 11 is 0. The van der Waals surface area contributed by atoms with E-state index in [0.29, 0.717) is 18.0 Å². The van der Waals surface area contributed by atoms with Gasteiger partial charge in [-0.1, -0.05) is 54.6 Å². The van der Waals surface area contributed by atoms with Crippen molar-refractivity contribution in [3.63, 3.8) is 0 Å². The summed E-state index contributed by atoms with van der Waals surface area (Å²) < 4.78 is 0. The third-order valence-corrected chi connectivity index (χ3v) is 7.39. The number of nitrogens with zero attached hydrogens (tertiary/aromatic N) is 2. The molecule has 0 bridgehead atoms. The molecule has 30 heavy (non-hydrogen) atoms. The number of benzene rings is 2. The molecule has 0 aliphatic carbocycles. The van der Waals surface area contributed by atoms with Gasteiger partial charge in [-0.15, -0.1) is 0 Å². The molecule has 156 valence electrons. The molecule has 4 heteroatoms. The van der Waals surface area contributed by atoms with Crippen molar-refractivity contribution in [3.05, 3.63) is 77.0 Å². The zero-order valence-corrected chi connectivity index (χ0v) is 18.0. The van der Waals surface area contributed by atoms with Crippen LogP contribution in [0, 0.1) is 5.92 Å². The lowest BCUT2D eigenvalue weighted by molar-refractivity contribution is -0.0291. The van der Waals surface area contributed by atoms with E-state index in [4.69, 9.17) is 0 Å². The Hall–Kier alpha value is -2.39. The van der Waals surface area contributed by atoms with Gasteiger partial charge in [0.25, 0.3) is 0 Å². The standard InChI is InChI=1S/C26H31N3O/c1-26(2,21-9-4-3-5-10-21)27-29-22(18-30)13-12-20-17-28-15-14-19-8-6-7-11-23(19)25(28)16-24(20)29/h3-11,20,24-25,27H,12-17H2,1-2H3/t20-,24+,25+/m1/s1. The molecule has 0 aromatic heterocycles. The summed E-state index contributed by atoms with van der Waals surface area (Å²) in [6, 6.07) is 20.2. The lowest BCUT2D eigenvalue weighted by Gasteiger charge is -2.54. The fraction of sp³-hybridized carbons (Fsp3) is 0.462. The van der Waals surface area contributed by atoms with Crippen molar-refractivity contribution in [1.29, 1.82) is 0 Å². The van der Waals surface area contributed by atoms with Crippen molar-refractivity contribution < 1.29 is 4.79 Å². The third kappa shape index (κ3) is 3.39. The second-order valence-electron chi connectivity index (χ2n) is 9.58. The normalized spacial score (nSPS) is 26.4. The van der Waals surface area contributed by atoms with E-state index in [1.54, 1.807) is 0 Å². The minimum atomic E-state index is -0.271. The molecule has 0 unspecified atom stereocenters. The Balaban J connectivity index is 1.46. The monoisotopic (exact) mass is 401 g/mol. The molecule has 2 aromatic rings. The van der Waals surface area contributed by atoms with E-state index in [9.17, 15) is 4.79 Å². The number of hydrogen-bond acceptors (Lipinski definition) is 4. The Morgan fingerprint density at radius 1 is 1.03 bits per heavy atom.